The second-order valence-electron chi connectivity index (χ2n) is 4.30. The summed E-state index contributed by atoms with van der Waals surface area (Å²) in [5.74, 6) is 5.73. The molecule has 1 aromatic heterocycles. The maximum absolute atomic E-state index is 6.06. The Labute approximate surface area is 126 Å². The minimum atomic E-state index is -0.132. The second kappa shape index (κ2) is 6.05. The number of halogens is 2. The summed E-state index contributed by atoms with van der Waals surface area (Å²) in [6.07, 6.45) is 1.78. The van der Waals surface area contributed by atoms with E-state index in [0.717, 1.165) is 32.9 Å². The quantitative estimate of drug-likeness (QED) is 0.662. The molecule has 0 aliphatic carbocycles. The van der Waals surface area contributed by atoms with Crippen LogP contribution < -0.4 is 11.3 Å². The SMILES string of the molecule is CCn1ncc(Br)c1C(NN)c1ccc(Cl)c(C)c1. The van der Waals surface area contributed by atoms with Gasteiger partial charge in [0, 0.05) is 11.6 Å². The number of aromatic nitrogens is 2. The smallest absolute Gasteiger partial charge is 0.0889 e. The monoisotopic (exact) mass is 342 g/mol. The zero-order valence-electron chi connectivity index (χ0n) is 10.8. The summed E-state index contributed by atoms with van der Waals surface area (Å²) in [5.41, 5.74) is 5.94. The summed E-state index contributed by atoms with van der Waals surface area (Å²) < 4.78 is 2.85. The van der Waals surface area contributed by atoms with Crippen LogP contribution in [0.3, 0.4) is 0 Å². The Morgan fingerprint density at radius 2 is 2.26 bits per heavy atom. The molecule has 1 unspecified atom stereocenters. The highest BCUT2D eigenvalue weighted by Gasteiger charge is 2.20. The Morgan fingerprint density at radius 3 is 2.84 bits per heavy atom. The molecule has 3 N–H and O–H groups in total. The van der Waals surface area contributed by atoms with Crippen LogP contribution in [-0.4, -0.2) is 9.78 Å². The van der Waals surface area contributed by atoms with Gasteiger partial charge in [0.05, 0.1) is 22.4 Å². The molecule has 2 aromatic rings. The minimum absolute atomic E-state index is 0.132. The number of nitrogens with two attached hydrogens (primary N) is 1. The first-order valence-corrected chi connectivity index (χ1v) is 7.19. The van der Waals surface area contributed by atoms with E-state index in [4.69, 9.17) is 17.4 Å². The molecule has 0 bridgehead atoms. The average molecular weight is 344 g/mol. The summed E-state index contributed by atoms with van der Waals surface area (Å²) in [6, 6.07) is 5.76. The number of hydrogen-bond acceptors (Lipinski definition) is 3. The van der Waals surface area contributed by atoms with Crippen molar-refractivity contribution in [3.63, 3.8) is 0 Å². The molecule has 6 heteroatoms. The van der Waals surface area contributed by atoms with Crippen molar-refractivity contribution < 1.29 is 0 Å². The van der Waals surface area contributed by atoms with E-state index in [2.05, 4.69) is 26.5 Å². The van der Waals surface area contributed by atoms with Crippen molar-refractivity contribution in [3.8, 4) is 0 Å². The van der Waals surface area contributed by atoms with Crippen molar-refractivity contribution in [2.75, 3.05) is 0 Å². The van der Waals surface area contributed by atoms with Crippen LogP contribution in [0.15, 0.2) is 28.9 Å². The van der Waals surface area contributed by atoms with Crippen molar-refractivity contribution >= 4 is 27.5 Å². The highest BCUT2D eigenvalue weighted by molar-refractivity contribution is 9.10. The van der Waals surface area contributed by atoms with Crippen LogP contribution in [0, 0.1) is 6.92 Å². The molecule has 0 amide bonds. The topological polar surface area (TPSA) is 55.9 Å². The van der Waals surface area contributed by atoms with Gasteiger partial charge in [0.25, 0.3) is 0 Å². The van der Waals surface area contributed by atoms with E-state index in [1.807, 2.05) is 36.7 Å². The van der Waals surface area contributed by atoms with Crippen molar-refractivity contribution in [2.45, 2.75) is 26.4 Å². The van der Waals surface area contributed by atoms with E-state index in [1.54, 1.807) is 6.20 Å². The standard InChI is InChI=1S/C13H16BrClN4/c1-3-19-13(10(14)7-17-19)12(18-16)9-4-5-11(15)8(2)6-9/h4-7,12,18H,3,16H2,1-2H3. The first-order valence-electron chi connectivity index (χ1n) is 6.01. The first-order chi connectivity index (χ1) is 9.08. The van der Waals surface area contributed by atoms with Gasteiger partial charge in [0.1, 0.15) is 0 Å². The van der Waals surface area contributed by atoms with Gasteiger partial charge in [-0.25, -0.2) is 5.43 Å². The normalized spacial score (nSPS) is 12.7. The van der Waals surface area contributed by atoms with E-state index in [-0.39, 0.29) is 6.04 Å². The van der Waals surface area contributed by atoms with Crippen LogP contribution in [0.1, 0.15) is 29.8 Å². The van der Waals surface area contributed by atoms with Crippen LogP contribution in [0.4, 0.5) is 0 Å². The Kier molecular flexibility index (Phi) is 4.62. The second-order valence-corrected chi connectivity index (χ2v) is 5.56. The molecule has 1 atom stereocenters. The molecular weight excluding hydrogens is 328 g/mol. The molecule has 0 fully saturated rings. The van der Waals surface area contributed by atoms with E-state index in [0.29, 0.717) is 0 Å². The zero-order valence-corrected chi connectivity index (χ0v) is 13.2. The fourth-order valence-electron chi connectivity index (χ4n) is 2.09. The molecule has 2 rings (SSSR count). The predicted molar refractivity (Wildman–Crippen MR) is 81.0 cm³/mol. The average Bonchev–Trinajstić information content (AvgIpc) is 2.76. The maximum Gasteiger partial charge on any atom is 0.0889 e. The molecule has 0 saturated carbocycles. The van der Waals surface area contributed by atoms with Gasteiger partial charge >= 0.3 is 0 Å². The van der Waals surface area contributed by atoms with E-state index < -0.39 is 0 Å². The third kappa shape index (κ3) is 2.84. The summed E-state index contributed by atoms with van der Waals surface area (Å²) in [6.45, 7) is 4.81. The highest BCUT2D eigenvalue weighted by atomic mass is 79.9. The van der Waals surface area contributed by atoms with Crippen molar-refractivity contribution in [3.05, 3.63) is 50.7 Å². The van der Waals surface area contributed by atoms with Gasteiger partial charge in [-0.1, -0.05) is 23.7 Å². The van der Waals surface area contributed by atoms with Gasteiger partial charge in [-0.3, -0.25) is 10.5 Å². The van der Waals surface area contributed by atoms with Gasteiger partial charge in [-0.2, -0.15) is 5.10 Å². The molecule has 0 saturated heterocycles. The molecule has 102 valence electrons. The van der Waals surface area contributed by atoms with E-state index >= 15 is 0 Å². The van der Waals surface area contributed by atoms with E-state index in [9.17, 15) is 0 Å². The van der Waals surface area contributed by atoms with E-state index in [1.165, 1.54) is 0 Å². The van der Waals surface area contributed by atoms with Gasteiger partial charge < -0.3 is 0 Å². The Balaban J connectivity index is 2.49. The number of aryl methyl sites for hydroxylation is 2. The molecule has 0 spiro atoms. The fourth-order valence-corrected chi connectivity index (χ4v) is 2.73. The molecule has 19 heavy (non-hydrogen) atoms. The summed E-state index contributed by atoms with van der Waals surface area (Å²) >= 11 is 9.59. The largest absolute Gasteiger partial charge is 0.271 e. The molecule has 1 aromatic carbocycles. The van der Waals surface area contributed by atoms with Gasteiger partial charge in [-0.05, 0) is 47.0 Å². The Morgan fingerprint density at radius 1 is 1.53 bits per heavy atom. The number of rotatable bonds is 4. The molecule has 4 nitrogen and oxygen atoms in total. The van der Waals surface area contributed by atoms with Crippen molar-refractivity contribution in [1.82, 2.24) is 15.2 Å². The first kappa shape index (κ1) is 14.5. The molecular formula is C13H16BrClN4. The Hall–Kier alpha value is -0.880. The van der Waals surface area contributed by atoms with Gasteiger partial charge in [-0.15, -0.1) is 0 Å². The third-order valence-electron chi connectivity index (χ3n) is 3.09. The van der Waals surface area contributed by atoms with Crippen LogP contribution in [0.2, 0.25) is 5.02 Å². The molecule has 0 aliphatic rings. The lowest BCUT2D eigenvalue weighted by atomic mass is 10.0. The third-order valence-corrected chi connectivity index (χ3v) is 4.12. The number of hydrogen-bond donors (Lipinski definition) is 2. The summed E-state index contributed by atoms with van der Waals surface area (Å²) in [4.78, 5) is 0. The lowest BCUT2D eigenvalue weighted by Crippen LogP contribution is -2.31. The van der Waals surface area contributed by atoms with Crippen LogP contribution in [-0.2, 0) is 6.54 Å². The van der Waals surface area contributed by atoms with Gasteiger partial charge in [0.2, 0.25) is 0 Å². The van der Waals surface area contributed by atoms with Crippen molar-refractivity contribution in [1.29, 1.82) is 0 Å². The fraction of sp³-hybridized carbons (Fsp3) is 0.308. The predicted octanol–water partition coefficient (Wildman–Crippen LogP) is 3.18. The van der Waals surface area contributed by atoms with Crippen LogP contribution in [0.25, 0.3) is 0 Å². The Bertz CT molecular complexity index is 582. The minimum Gasteiger partial charge on any atom is -0.271 e. The molecule has 0 aliphatic heterocycles. The number of benzene rings is 1. The lowest BCUT2D eigenvalue weighted by Gasteiger charge is -2.19. The van der Waals surface area contributed by atoms with Crippen LogP contribution >= 0.6 is 27.5 Å². The summed E-state index contributed by atoms with van der Waals surface area (Å²) in [5, 5.41) is 5.07. The molecule has 1 heterocycles. The molecule has 0 radical (unpaired) electrons. The van der Waals surface area contributed by atoms with Crippen LogP contribution in [0.5, 0.6) is 0 Å². The number of nitrogens with one attached hydrogen (secondary N) is 1. The highest BCUT2D eigenvalue weighted by Crippen LogP contribution is 2.30. The maximum atomic E-state index is 6.06. The lowest BCUT2D eigenvalue weighted by molar-refractivity contribution is 0.542. The zero-order chi connectivity index (χ0) is 14.0. The summed E-state index contributed by atoms with van der Waals surface area (Å²) in [7, 11) is 0. The number of nitrogens with zero attached hydrogens (tertiary/aromatic N) is 2. The number of hydrazine groups is 1. The van der Waals surface area contributed by atoms with Gasteiger partial charge in [0.15, 0.2) is 0 Å². The van der Waals surface area contributed by atoms with Crippen molar-refractivity contribution in [2.24, 2.45) is 5.84 Å².